The Morgan fingerprint density at radius 1 is 1.21 bits per heavy atom. The lowest BCUT2D eigenvalue weighted by Gasteiger charge is -2.20. The molecule has 1 heterocycles. The van der Waals surface area contributed by atoms with Gasteiger partial charge in [-0.3, -0.25) is 0 Å². The molecule has 0 amide bonds. The first-order valence-electron chi connectivity index (χ1n) is 6.29. The molecule has 2 nitrogen and oxygen atoms in total. The van der Waals surface area contributed by atoms with Gasteiger partial charge in [-0.15, -0.1) is 0 Å². The smallest absolute Gasteiger partial charge is 0.0992 e. The second-order valence-corrected chi connectivity index (χ2v) is 5.13. The van der Waals surface area contributed by atoms with E-state index in [1.54, 1.807) is 6.07 Å². The Morgan fingerprint density at radius 2 is 2.05 bits per heavy atom. The molecule has 2 aromatic carbocycles. The Kier molecular flexibility index (Phi) is 3.15. The first-order valence-corrected chi connectivity index (χ1v) is 6.67. The summed E-state index contributed by atoms with van der Waals surface area (Å²) in [5, 5.41) is 9.52. The summed E-state index contributed by atoms with van der Waals surface area (Å²) in [5.41, 5.74) is 4.36. The molecule has 0 aromatic heterocycles. The summed E-state index contributed by atoms with van der Waals surface area (Å²) in [7, 11) is 0. The average molecular weight is 269 g/mol. The van der Waals surface area contributed by atoms with Crippen LogP contribution in [-0.4, -0.2) is 6.54 Å². The molecule has 0 unspecified atom stereocenters. The molecule has 0 radical (unpaired) electrons. The maximum atomic E-state index is 8.85. The molecule has 3 heteroatoms. The van der Waals surface area contributed by atoms with Crippen LogP contribution in [0.3, 0.4) is 0 Å². The van der Waals surface area contributed by atoms with Crippen molar-refractivity contribution >= 4 is 17.3 Å². The lowest BCUT2D eigenvalue weighted by molar-refractivity contribution is 0.836. The summed E-state index contributed by atoms with van der Waals surface area (Å²) in [5.74, 6) is 0. The van der Waals surface area contributed by atoms with E-state index in [4.69, 9.17) is 16.9 Å². The second-order valence-electron chi connectivity index (χ2n) is 4.72. The van der Waals surface area contributed by atoms with E-state index in [1.165, 1.54) is 11.3 Å². The van der Waals surface area contributed by atoms with Gasteiger partial charge in [0.15, 0.2) is 0 Å². The van der Waals surface area contributed by atoms with Crippen LogP contribution in [0.15, 0.2) is 42.5 Å². The molecule has 0 fully saturated rings. The van der Waals surface area contributed by atoms with E-state index in [1.807, 2.05) is 12.1 Å². The van der Waals surface area contributed by atoms with Gasteiger partial charge in [0, 0.05) is 23.8 Å². The van der Waals surface area contributed by atoms with Gasteiger partial charge in [0.05, 0.1) is 11.6 Å². The summed E-state index contributed by atoms with van der Waals surface area (Å²) in [6.45, 7) is 1.82. The fourth-order valence-corrected chi connectivity index (χ4v) is 2.76. The average Bonchev–Trinajstić information content (AvgIpc) is 2.84. The number of hydrogen-bond donors (Lipinski definition) is 0. The minimum absolute atomic E-state index is 0.607. The second kappa shape index (κ2) is 4.95. The normalized spacial score (nSPS) is 13.2. The lowest BCUT2D eigenvalue weighted by Crippen LogP contribution is -2.19. The Hall–Kier alpha value is -1.98. The first-order chi connectivity index (χ1) is 9.28. The molecule has 0 bridgehead atoms. The summed E-state index contributed by atoms with van der Waals surface area (Å²) < 4.78 is 0. The number of nitrogens with zero attached hydrogens (tertiary/aromatic N) is 2. The van der Waals surface area contributed by atoms with Gasteiger partial charge < -0.3 is 4.90 Å². The van der Waals surface area contributed by atoms with Crippen molar-refractivity contribution in [2.24, 2.45) is 0 Å². The lowest BCUT2D eigenvalue weighted by atomic mass is 10.1. The highest BCUT2D eigenvalue weighted by atomic mass is 35.5. The van der Waals surface area contributed by atoms with Crippen LogP contribution in [0.25, 0.3) is 0 Å². The molecule has 94 valence electrons. The van der Waals surface area contributed by atoms with E-state index in [0.717, 1.165) is 25.1 Å². The van der Waals surface area contributed by atoms with Gasteiger partial charge in [-0.05, 0) is 35.7 Å². The molecule has 19 heavy (non-hydrogen) atoms. The van der Waals surface area contributed by atoms with E-state index < -0.39 is 0 Å². The van der Waals surface area contributed by atoms with Crippen LogP contribution >= 0.6 is 11.6 Å². The quantitative estimate of drug-likeness (QED) is 0.829. The fraction of sp³-hybridized carbons (Fsp3) is 0.188. The predicted molar refractivity (Wildman–Crippen MR) is 77.4 cm³/mol. The van der Waals surface area contributed by atoms with Crippen molar-refractivity contribution in [1.29, 1.82) is 5.26 Å². The largest absolute Gasteiger partial charge is 0.367 e. The highest BCUT2D eigenvalue weighted by Crippen LogP contribution is 2.30. The summed E-state index contributed by atoms with van der Waals surface area (Å²) in [4.78, 5) is 2.34. The zero-order valence-corrected chi connectivity index (χ0v) is 11.2. The molecular formula is C16H13ClN2. The van der Waals surface area contributed by atoms with Crippen molar-refractivity contribution in [2.75, 3.05) is 11.4 Å². The number of hydrogen-bond acceptors (Lipinski definition) is 2. The van der Waals surface area contributed by atoms with Gasteiger partial charge >= 0.3 is 0 Å². The highest BCUT2D eigenvalue weighted by molar-refractivity contribution is 6.31. The van der Waals surface area contributed by atoms with Gasteiger partial charge in [0.25, 0.3) is 0 Å². The van der Waals surface area contributed by atoms with E-state index in [2.05, 4.69) is 35.2 Å². The third-order valence-electron chi connectivity index (χ3n) is 3.53. The minimum Gasteiger partial charge on any atom is -0.367 e. The summed E-state index contributed by atoms with van der Waals surface area (Å²) >= 11 is 6.24. The number of rotatable bonds is 2. The monoisotopic (exact) mass is 268 g/mol. The zero-order valence-electron chi connectivity index (χ0n) is 10.4. The van der Waals surface area contributed by atoms with Crippen LogP contribution < -0.4 is 4.90 Å². The molecular weight excluding hydrogens is 256 g/mol. The number of anilines is 1. The van der Waals surface area contributed by atoms with Crippen LogP contribution in [0.4, 0.5) is 5.69 Å². The maximum Gasteiger partial charge on any atom is 0.0992 e. The van der Waals surface area contributed by atoms with Gasteiger partial charge in [-0.2, -0.15) is 5.26 Å². The zero-order chi connectivity index (χ0) is 13.2. The summed E-state index contributed by atoms with van der Waals surface area (Å²) in [6.07, 6.45) is 1.09. The van der Waals surface area contributed by atoms with Crippen LogP contribution in [0.2, 0.25) is 5.02 Å². The highest BCUT2D eigenvalue weighted by Gasteiger charge is 2.19. The van der Waals surface area contributed by atoms with Crippen molar-refractivity contribution in [2.45, 2.75) is 13.0 Å². The topological polar surface area (TPSA) is 27.0 Å². The molecule has 0 aliphatic carbocycles. The number of nitriles is 1. The molecule has 0 N–H and O–H groups in total. The van der Waals surface area contributed by atoms with Gasteiger partial charge in [-0.25, -0.2) is 0 Å². The van der Waals surface area contributed by atoms with Gasteiger partial charge in [0.2, 0.25) is 0 Å². The first kappa shape index (κ1) is 12.1. The summed E-state index contributed by atoms with van der Waals surface area (Å²) in [6, 6.07) is 16.1. The number of halogens is 1. The van der Waals surface area contributed by atoms with Crippen LogP contribution in [0, 0.1) is 11.3 Å². The van der Waals surface area contributed by atoms with Crippen LogP contribution in [-0.2, 0) is 13.0 Å². The van der Waals surface area contributed by atoms with E-state index in [0.29, 0.717) is 10.6 Å². The maximum absolute atomic E-state index is 8.85. The Balaban J connectivity index is 1.86. The number of fused-ring (bicyclic) bond motifs is 1. The Morgan fingerprint density at radius 3 is 2.84 bits per heavy atom. The van der Waals surface area contributed by atoms with Crippen LogP contribution in [0.5, 0.6) is 0 Å². The van der Waals surface area contributed by atoms with Crippen molar-refractivity contribution in [3.63, 3.8) is 0 Å². The fourth-order valence-electron chi connectivity index (χ4n) is 2.52. The molecule has 0 saturated heterocycles. The Labute approximate surface area is 117 Å². The third kappa shape index (κ3) is 2.30. The van der Waals surface area contributed by atoms with Gasteiger partial charge in [0.1, 0.15) is 0 Å². The number of benzene rings is 2. The third-order valence-corrected chi connectivity index (χ3v) is 3.88. The van der Waals surface area contributed by atoms with Gasteiger partial charge in [-0.1, -0.05) is 35.9 Å². The Bertz CT molecular complexity index is 658. The SMILES string of the molecule is N#Cc1ccc(CN2CCc3ccccc32)c(Cl)c1. The standard InChI is InChI=1S/C16H13ClN2/c17-15-9-12(10-18)5-6-14(15)11-19-8-7-13-3-1-2-4-16(13)19/h1-6,9H,7-8,11H2. The molecule has 1 aliphatic heterocycles. The van der Waals surface area contributed by atoms with Crippen molar-refractivity contribution in [1.82, 2.24) is 0 Å². The van der Waals surface area contributed by atoms with Crippen LogP contribution in [0.1, 0.15) is 16.7 Å². The molecule has 0 saturated carbocycles. The number of para-hydroxylation sites is 1. The molecule has 0 spiro atoms. The molecule has 3 rings (SSSR count). The van der Waals surface area contributed by atoms with E-state index in [-0.39, 0.29) is 0 Å². The molecule has 0 atom stereocenters. The van der Waals surface area contributed by atoms with E-state index >= 15 is 0 Å². The van der Waals surface area contributed by atoms with E-state index in [9.17, 15) is 0 Å². The predicted octanol–water partition coefficient (Wildman–Crippen LogP) is 3.77. The van der Waals surface area contributed by atoms with Crippen molar-refractivity contribution in [3.05, 3.63) is 64.2 Å². The van der Waals surface area contributed by atoms with Crippen molar-refractivity contribution < 1.29 is 0 Å². The molecule has 2 aromatic rings. The van der Waals surface area contributed by atoms with Crippen molar-refractivity contribution in [3.8, 4) is 6.07 Å². The molecule has 1 aliphatic rings. The minimum atomic E-state index is 0.607.